The third kappa shape index (κ3) is 250. The number of hydrogen-bond acceptors (Lipinski definition) is 1. The van der Waals surface area contributed by atoms with Crippen LogP contribution in [0.2, 0.25) is 0 Å². The van der Waals surface area contributed by atoms with Crippen molar-refractivity contribution >= 4 is 6.16 Å². The van der Waals surface area contributed by atoms with Crippen molar-refractivity contribution in [1.29, 1.82) is 0 Å². The second-order valence-electron chi connectivity index (χ2n) is 0.283. The van der Waals surface area contributed by atoms with Gasteiger partial charge < -0.3 is 10.2 Å². The first kappa shape index (κ1) is 25.0. The molecule has 50 valence electrons. The third-order valence-corrected chi connectivity index (χ3v) is 0. The van der Waals surface area contributed by atoms with Gasteiger partial charge in [-0.05, 0) is 0 Å². The Balaban J connectivity index is -0.0000000150. The third-order valence-electron chi connectivity index (χ3n) is 0. The molecule has 2 N–H and O–H groups in total. The van der Waals surface area contributed by atoms with Crippen LogP contribution in [0.15, 0.2) is 0 Å². The molecule has 0 aliphatic heterocycles. The first-order chi connectivity index (χ1) is 1.73. The number of rotatable bonds is 0. The van der Waals surface area contributed by atoms with Crippen LogP contribution in [-0.2, 0) is 50.3 Å². The molecule has 0 atom stereocenters. The molecule has 0 aromatic rings. The van der Waals surface area contributed by atoms with Gasteiger partial charge in [-0.25, -0.2) is 4.79 Å². The SMILES string of the molecule is O=C(O)O.[Co].[Mn].[Ni]. The average Bonchev–Trinajstić information content (AvgIpc) is 0.811. The zero-order valence-corrected chi connectivity index (χ0v) is 6.04. The summed E-state index contributed by atoms with van der Waals surface area (Å²) in [6.07, 6.45) is -1.83. The first-order valence-electron chi connectivity index (χ1n) is 0.651. The van der Waals surface area contributed by atoms with Crippen LogP contribution >= 0.6 is 0 Å². The van der Waals surface area contributed by atoms with Gasteiger partial charge >= 0.3 is 6.16 Å². The predicted molar refractivity (Wildman–Crippen MR) is 10.7 cm³/mol. The molecule has 0 fully saturated rings. The Labute approximate surface area is 71.5 Å². The Bertz CT molecular complexity index is 37.9. The van der Waals surface area contributed by atoms with Crippen LogP contribution in [0.5, 0.6) is 0 Å². The quantitative estimate of drug-likeness (QED) is 0.590. The molecule has 0 rings (SSSR count). The van der Waals surface area contributed by atoms with Crippen molar-refractivity contribution in [3.05, 3.63) is 0 Å². The maximum atomic E-state index is 8.56. The molecule has 0 saturated carbocycles. The van der Waals surface area contributed by atoms with Crippen molar-refractivity contribution in [1.82, 2.24) is 0 Å². The second kappa shape index (κ2) is 15.8. The minimum absolute atomic E-state index is 0. The van der Waals surface area contributed by atoms with E-state index in [0.717, 1.165) is 0 Å². The summed E-state index contributed by atoms with van der Waals surface area (Å²) in [5.74, 6) is 0. The fourth-order valence-corrected chi connectivity index (χ4v) is 0. The van der Waals surface area contributed by atoms with Crippen LogP contribution in [0, 0.1) is 0 Å². The minimum atomic E-state index is -1.83. The van der Waals surface area contributed by atoms with Crippen molar-refractivity contribution in [3.8, 4) is 0 Å². The molecule has 2 radical (unpaired) electrons. The Hall–Kier alpha value is 0.789. The molecule has 0 amide bonds. The molecular weight excluding hydrogens is 233 g/mol. The second-order valence-corrected chi connectivity index (χ2v) is 0.283. The van der Waals surface area contributed by atoms with Gasteiger partial charge in [0.15, 0.2) is 0 Å². The molecule has 0 aromatic carbocycles. The van der Waals surface area contributed by atoms with E-state index >= 15 is 0 Å². The van der Waals surface area contributed by atoms with Crippen molar-refractivity contribution in [3.63, 3.8) is 0 Å². The maximum absolute atomic E-state index is 8.56. The topological polar surface area (TPSA) is 57.5 Å². The molecule has 0 unspecified atom stereocenters. The van der Waals surface area contributed by atoms with Crippen LogP contribution < -0.4 is 0 Å². The summed E-state index contributed by atoms with van der Waals surface area (Å²) in [5.41, 5.74) is 0. The van der Waals surface area contributed by atoms with Crippen molar-refractivity contribution in [2.24, 2.45) is 0 Å². The molecule has 0 bridgehead atoms. The standard InChI is InChI=1S/CH2O3.Co.Mn.Ni/c2-1(3)4;;;/h(H2,2,3,4);;;. The van der Waals surface area contributed by atoms with Gasteiger partial charge in [-0.3, -0.25) is 0 Å². The molecule has 0 spiro atoms. The van der Waals surface area contributed by atoms with Gasteiger partial charge in [0, 0.05) is 50.3 Å². The van der Waals surface area contributed by atoms with Crippen LogP contribution in [0.3, 0.4) is 0 Å². The largest absolute Gasteiger partial charge is 0.503 e. The molecule has 7 heavy (non-hydrogen) atoms. The van der Waals surface area contributed by atoms with Gasteiger partial charge in [0.25, 0.3) is 0 Å². The van der Waals surface area contributed by atoms with E-state index in [9.17, 15) is 0 Å². The van der Waals surface area contributed by atoms with Gasteiger partial charge in [0.05, 0.1) is 0 Å². The van der Waals surface area contributed by atoms with E-state index in [1.165, 1.54) is 0 Å². The van der Waals surface area contributed by atoms with Crippen molar-refractivity contribution in [2.45, 2.75) is 0 Å². The normalized spacial score (nSPS) is 3.43. The predicted octanol–water partition coefficient (Wildman–Crippen LogP) is 0.215. The van der Waals surface area contributed by atoms with Crippen LogP contribution in [0.1, 0.15) is 0 Å². The molecule has 0 saturated heterocycles. The van der Waals surface area contributed by atoms with Crippen molar-refractivity contribution in [2.75, 3.05) is 0 Å². The maximum Gasteiger partial charge on any atom is 0.503 e. The Kier molecular flexibility index (Phi) is 56.6. The van der Waals surface area contributed by atoms with Gasteiger partial charge in [-0.15, -0.1) is 0 Å². The van der Waals surface area contributed by atoms with Gasteiger partial charge in [-0.2, -0.15) is 0 Å². The van der Waals surface area contributed by atoms with Gasteiger partial charge in [0.1, 0.15) is 0 Å². The van der Waals surface area contributed by atoms with Crippen LogP contribution in [-0.4, -0.2) is 16.4 Å². The molecule has 0 aliphatic carbocycles. The minimum Gasteiger partial charge on any atom is -0.450 e. The first-order valence-corrected chi connectivity index (χ1v) is 0.651. The number of hydrogen-bond donors (Lipinski definition) is 2. The molecular formula is CH2CoMnNiO3. The summed E-state index contributed by atoms with van der Waals surface area (Å²) < 4.78 is 0. The summed E-state index contributed by atoms with van der Waals surface area (Å²) in [5, 5.41) is 13.9. The van der Waals surface area contributed by atoms with E-state index in [2.05, 4.69) is 0 Å². The zero-order valence-electron chi connectivity index (χ0n) is 2.83. The van der Waals surface area contributed by atoms with E-state index < -0.39 is 6.16 Å². The zero-order chi connectivity index (χ0) is 3.58. The van der Waals surface area contributed by atoms with E-state index in [4.69, 9.17) is 15.0 Å². The number of carbonyl (C=O) groups is 1. The van der Waals surface area contributed by atoms with E-state index in [-0.39, 0.29) is 50.3 Å². The number of carboxylic acid groups (broad SMARTS) is 2. The fraction of sp³-hybridized carbons (Fsp3) is 0. The summed E-state index contributed by atoms with van der Waals surface area (Å²) in [6.45, 7) is 0. The van der Waals surface area contributed by atoms with E-state index in [1.807, 2.05) is 0 Å². The molecule has 0 aromatic heterocycles. The Morgan fingerprint density at radius 2 is 1.29 bits per heavy atom. The molecule has 0 heterocycles. The Morgan fingerprint density at radius 1 is 1.29 bits per heavy atom. The smallest absolute Gasteiger partial charge is 0.450 e. The van der Waals surface area contributed by atoms with E-state index in [0.29, 0.717) is 0 Å². The summed E-state index contributed by atoms with van der Waals surface area (Å²) in [4.78, 5) is 8.56. The molecule has 6 heteroatoms. The summed E-state index contributed by atoms with van der Waals surface area (Å²) in [7, 11) is 0. The average molecular weight is 235 g/mol. The molecule has 3 nitrogen and oxygen atoms in total. The fourth-order valence-electron chi connectivity index (χ4n) is 0. The summed E-state index contributed by atoms with van der Waals surface area (Å²) >= 11 is 0. The van der Waals surface area contributed by atoms with Crippen LogP contribution in [0.4, 0.5) is 4.79 Å². The summed E-state index contributed by atoms with van der Waals surface area (Å²) in [6, 6.07) is 0. The Morgan fingerprint density at radius 3 is 1.29 bits per heavy atom. The molecule has 0 aliphatic rings. The van der Waals surface area contributed by atoms with Gasteiger partial charge in [0.2, 0.25) is 0 Å². The van der Waals surface area contributed by atoms with Gasteiger partial charge in [-0.1, -0.05) is 0 Å². The van der Waals surface area contributed by atoms with Crippen molar-refractivity contribution < 1.29 is 65.3 Å². The monoisotopic (exact) mass is 234 g/mol. The van der Waals surface area contributed by atoms with E-state index in [1.54, 1.807) is 0 Å². The van der Waals surface area contributed by atoms with Crippen LogP contribution in [0.25, 0.3) is 0 Å².